The van der Waals surface area contributed by atoms with Crippen LogP contribution < -0.4 is 10.0 Å². The molecule has 0 bridgehead atoms. The van der Waals surface area contributed by atoms with E-state index in [9.17, 15) is 21.6 Å². The lowest BCUT2D eigenvalue weighted by Crippen LogP contribution is -2.41. The highest BCUT2D eigenvalue weighted by molar-refractivity contribution is 7.92. The van der Waals surface area contributed by atoms with Gasteiger partial charge in [0, 0.05) is 43.6 Å². The van der Waals surface area contributed by atoms with Crippen molar-refractivity contribution in [2.24, 2.45) is 13.0 Å². The first-order valence-corrected chi connectivity index (χ1v) is 13.0. The number of nitrogens with one attached hydrogen (secondary N) is 2. The van der Waals surface area contributed by atoms with Gasteiger partial charge < -0.3 is 9.88 Å². The number of anilines is 2. The molecule has 2 N–H and O–H groups in total. The van der Waals surface area contributed by atoms with Gasteiger partial charge in [0.05, 0.1) is 5.75 Å². The summed E-state index contributed by atoms with van der Waals surface area (Å²) < 4.78 is 54.2. The minimum absolute atomic E-state index is 0.0224. The Morgan fingerprint density at radius 3 is 2.19 bits per heavy atom. The molecule has 1 aliphatic rings. The zero-order chi connectivity index (χ0) is 22.8. The van der Waals surface area contributed by atoms with Crippen LogP contribution in [0.2, 0.25) is 0 Å². The summed E-state index contributed by atoms with van der Waals surface area (Å²) in [6.07, 6.45) is 2.31. The lowest BCUT2D eigenvalue weighted by Gasteiger charge is -2.29. The minimum Gasteiger partial charge on any atom is -0.337 e. The third-order valence-electron chi connectivity index (χ3n) is 5.32. The van der Waals surface area contributed by atoms with Crippen molar-refractivity contribution in [3.8, 4) is 0 Å². The van der Waals surface area contributed by atoms with Gasteiger partial charge in [0.1, 0.15) is 5.82 Å². The number of hydrogen-bond acceptors (Lipinski definition) is 6. The Labute approximate surface area is 182 Å². The second-order valence-electron chi connectivity index (χ2n) is 7.49. The van der Waals surface area contributed by atoms with Gasteiger partial charge >= 0.3 is 0 Å². The van der Waals surface area contributed by atoms with E-state index in [1.54, 1.807) is 49.7 Å². The van der Waals surface area contributed by atoms with Crippen LogP contribution in [0.3, 0.4) is 0 Å². The van der Waals surface area contributed by atoms with Crippen LogP contribution in [0.1, 0.15) is 25.6 Å². The number of piperidine rings is 1. The van der Waals surface area contributed by atoms with Crippen LogP contribution in [-0.4, -0.2) is 55.4 Å². The van der Waals surface area contributed by atoms with Crippen molar-refractivity contribution in [3.05, 3.63) is 36.3 Å². The van der Waals surface area contributed by atoms with Crippen LogP contribution in [-0.2, 0) is 31.9 Å². The summed E-state index contributed by atoms with van der Waals surface area (Å²) in [6.45, 7) is 3.77. The van der Waals surface area contributed by atoms with E-state index in [-0.39, 0.29) is 35.7 Å². The molecule has 0 spiro atoms. The summed E-state index contributed by atoms with van der Waals surface area (Å²) in [4.78, 5) is 16.7. The molecule has 170 valence electrons. The number of rotatable bonds is 7. The first-order valence-electron chi connectivity index (χ1n) is 9.93. The quantitative estimate of drug-likeness (QED) is 0.632. The molecule has 0 atom stereocenters. The van der Waals surface area contributed by atoms with Gasteiger partial charge in [-0.3, -0.25) is 9.52 Å². The molecule has 0 radical (unpaired) electrons. The fraction of sp³-hybridized carbons (Fsp3) is 0.474. The molecule has 1 saturated heterocycles. The van der Waals surface area contributed by atoms with Gasteiger partial charge in [-0.25, -0.2) is 21.8 Å². The Balaban J connectivity index is 1.57. The van der Waals surface area contributed by atoms with Crippen LogP contribution in [0.15, 0.2) is 35.5 Å². The van der Waals surface area contributed by atoms with Gasteiger partial charge in [-0.05, 0) is 51.0 Å². The van der Waals surface area contributed by atoms with Crippen LogP contribution in [0.25, 0.3) is 0 Å². The van der Waals surface area contributed by atoms with Crippen molar-refractivity contribution < 1.29 is 21.6 Å². The molecule has 0 unspecified atom stereocenters. The van der Waals surface area contributed by atoms with E-state index in [1.165, 1.54) is 10.5 Å². The van der Waals surface area contributed by atoms with Gasteiger partial charge in [-0.15, -0.1) is 0 Å². The molecule has 2 heterocycles. The Kier molecular flexibility index (Phi) is 6.72. The molecular weight excluding hydrogens is 442 g/mol. The van der Waals surface area contributed by atoms with Crippen molar-refractivity contribution in [2.45, 2.75) is 31.7 Å². The van der Waals surface area contributed by atoms with Crippen LogP contribution in [0, 0.1) is 12.8 Å². The maximum Gasteiger partial charge on any atom is 0.262 e. The predicted octanol–water partition coefficient (Wildman–Crippen LogP) is 1.53. The number of carbonyl (C=O) groups is 1. The standard InChI is InChI=1S/C19H27N5O5S2/c1-4-30(26,27)22-17-7-5-16(6-8-17)21-19(25)15-9-11-24(12-10-15)31(28,29)18-13-23(3)14(2)20-18/h5-8,13,15,22H,4,9-12H2,1-3H3,(H,21,25). The molecule has 1 amide bonds. The zero-order valence-corrected chi connectivity index (χ0v) is 19.3. The average Bonchev–Trinajstić information content (AvgIpc) is 3.08. The fourth-order valence-corrected chi connectivity index (χ4v) is 5.39. The maximum atomic E-state index is 12.8. The Hall–Kier alpha value is -2.44. The topological polar surface area (TPSA) is 130 Å². The summed E-state index contributed by atoms with van der Waals surface area (Å²) in [6, 6.07) is 6.39. The maximum absolute atomic E-state index is 12.8. The molecule has 0 aliphatic carbocycles. The third-order valence-corrected chi connectivity index (χ3v) is 8.40. The van der Waals surface area contributed by atoms with E-state index in [0.29, 0.717) is 30.0 Å². The summed E-state index contributed by atoms with van der Waals surface area (Å²) in [5.41, 5.74) is 0.964. The van der Waals surface area contributed by atoms with Crippen molar-refractivity contribution in [3.63, 3.8) is 0 Å². The Morgan fingerprint density at radius 2 is 1.68 bits per heavy atom. The number of hydrogen-bond donors (Lipinski definition) is 2. The lowest BCUT2D eigenvalue weighted by molar-refractivity contribution is -0.120. The predicted molar refractivity (Wildman–Crippen MR) is 118 cm³/mol. The molecule has 1 fully saturated rings. The van der Waals surface area contributed by atoms with E-state index in [0.717, 1.165) is 0 Å². The SMILES string of the molecule is CCS(=O)(=O)Nc1ccc(NC(=O)C2CCN(S(=O)(=O)c3cn(C)c(C)n3)CC2)cc1. The molecule has 1 aromatic carbocycles. The molecule has 1 aromatic heterocycles. The highest BCUT2D eigenvalue weighted by atomic mass is 32.2. The van der Waals surface area contributed by atoms with Crippen molar-refractivity contribution in [2.75, 3.05) is 28.9 Å². The van der Waals surface area contributed by atoms with Crippen LogP contribution in [0.5, 0.6) is 0 Å². The van der Waals surface area contributed by atoms with E-state index in [4.69, 9.17) is 0 Å². The first kappa shape index (κ1) is 23.2. The molecule has 1 aliphatic heterocycles. The fourth-order valence-electron chi connectivity index (χ4n) is 3.26. The Morgan fingerprint density at radius 1 is 1.10 bits per heavy atom. The van der Waals surface area contributed by atoms with Gasteiger partial charge in [-0.1, -0.05) is 0 Å². The van der Waals surface area contributed by atoms with E-state index >= 15 is 0 Å². The summed E-state index contributed by atoms with van der Waals surface area (Å²) in [7, 11) is -5.30. The lowest BCUT2D eigenvalue weighted by atomic mass is 9.97. The number of sulfonamides is 2. The number of imidazole rings is 1. The molecule has 31 heavy (non-hydrogen) atoms. The van der Waals surface area contributed by atoms with E-state index in [1.807, 2.05) is 0 Å². The van der Waals surface area contributed by atoms with Gasteiger partial charge in [0.15, 0.2) is 5.03 Å². The second kappa shape index (κ2) is 8.97. The highest BCUT2D eigenvalue weighted by Gasteiger charge is 2.33. The number of nitrogens with zero attached hydrogens (tertiary/aromatic N) is 3. The van der Waals surface area contributed by atoms with Gasteiger partial charge in [0.2, 0.25) is 15.9 Å². The van der Waals surface area contributed by atoms with Crippen molar-refractivity contribution in [1.29, 1.82) is 0 Å². The summed E-state index contributed by atoms with van der Waals surface area (Å²) >= 11 is 0. The number of aromatic nitrogens is 2. The number of carbonyl (C=O) groups excluding carboxylic acids is 1. The largest absolute Gasteiger partial charge is 0.337 e. The van der Waals surface area contributed by atoms with E-state index in [2.05, 4.69) is 15.0 Å². The molecule has 0 saturated carbocycles. The smallest absolute Gasteiger partial charge is 0.262 e. The number of aryl methyl sites for hydroxylation is 2. The monoisotopic (exact) mass is 469 g/mol. The first-order chi connectivity index (χ1) is 14.5. The average molecular weight is 470 g/mol. The van der Waals surface area contributed by atoms with Crippen LogP contribution in [0.4, 0.5) is 11.4 Å². The van der Waals surface area contributed by atoms with Gasteiger partial charge in [0.25, 0.3) is 10.0 Å². The normalized spacial score (nSPS) is 16.2. The van der Waals surface area contributed by atoms with Crippen LogP contribution >= 0.6 is 0 Å². The second-order valence-corrected chi connectivity index (χ2v) is 11.4. The zero-order valence-electron chi connectivity index (χ0n) is 17.7. The minimum atomic E-state index is -3.68. The molecular formula is C19H27N5O5S2. The highest BCUT2D eigenvalue weighted by Crippen LogP contribution is 2.25. The van der Waals surface area contributed by atoms with Crippen molar-refractivity contribution >= 4 is 37.3 Å². The van der Waals surface area contributed by atoms with E-state index < -0.39 is 20.0 Å². The molecule has 10 nitrogen and oxygen atoms in total. The molecule has 12 heteroatoms. The third kappa shape index (κ3) is 5.43. The Bertz CT molecular complexity index is 1130. The molecule has 2 aromatic rings. The van der Waals surface area contributed by atoms with Crippen molar-refractivity contribution in [1.82, 2.24) is 13.9 Å². The molecule has 3 rings (SSSR count). The number of amides is 1. The summed E-state index contributed by atoms with van der Waals surface area (Å²) in [5, 5.41) is 2.83. The van der Waals surface area contributed by atoms with Gasteiger partial charge in [-0.2, -0.15) is 4.31 Å². The number of benzene rings is 1. The summed E-state index contributed by atoms with van der Waals surface area (Å²) in [5.74, 6) is 0.0870.